The fourth-order valence-corrected chi connectivity index (χ4v) is 12.1. The van der Waals surface area contributed by atoms with Crippen LogP contribution in [0.3, 0.4) is 0 Å². The first-order valence-corrected chi connectivity index (χ1v) is 40.3. The first kappa shape index (κ1) is 89.5. The minimum Gasteiger partial charge on any atom is -0.462 e. The lowest BCUT2D eigenvalue weighted by Gasteiger charge is -2.21. The Balaban J connectivity index is 5.25. The van der Waals surface area contributed by atoms with Gasteiger partial charge in [-0.1, -0.05) is 297 Å². The third-order valence-corrected chi connectivity index (χ3v) is 18.6. The van der Waals surface area contributed by atoms with Gasteiger partial charge in [-0.25, -0.2) is 9.13 Å². The molecule has 0 radical (unpaired) electrons. The van der Waals surface area contributed by atoms with Crippen LogP contribution < -0.4 is 0 Å². The second kappa shape index (κ2) is 64.5. The van der Waals surface area contributed by atoms with E-state index in [1.165, 1.54) is 135 Å². The third-order valence-electron chi connectivity index (χ3n) is 16.7. The van der Waals surface area contributed by atoms with Crippen LogP contribution >= 0.6 is 15.6 Å². The van der Waals surface area contributed by atoms with Crippen LogP contribution in [0.25, 0.3) is 0 Å². The first-order valence-electron chi connectivity index (χ1n) is 37.3. The molecule has 0 aromatic heterocycles. The van der Waals surface area contributed by atoms with Gasteiger partial charge in [-0.15, -0.1) is 0 Å². The summed E-state index contributed by atoms with van der Waals surface area (Å²) in [6, 6.07) is 0. The van der Waals surface area contributed by atoms with Crippen LogP contribution in [-0.4, -0.2) is 96.7 Å². The molecule has 0 aromatic carbocycles. The molecule has 0 aliphatic heterocycles. The number of carbonyl (C=O) groups is 4. The average Bonchev–Trinajstić information content (AvgIpc) is 3.28. The van der Waals surface area contributed by atoms with E-state index < -0.39 is 97.5 Å². The lowest BCUT2D eigenvalue weighted by molar-refractivity contribution is -0.161. The van der Waals surface area contributed by atoms with E-state index in [2.05, 4.69) is 65.8 Å². The van der Waals surface area contributed by atoms with Crippen molar-refractivity contribution in [3.8, 4) is 0 Å². The molecule has 0 heterocycles. The largest absolute Gasteiger partial charge is 0.472 e. The highest BCUT2D eigenvalue weighted by molar-refractivity contribution is 7.47. The summed E-state index contributed by atoms with van der Waals surface area (Å²) in [5.74, 6) is -0.569. The van der Waals surface area contributed by atoms with E-state index in [1.54, 1.807) is 0 Å². The van der Waals surface area contributed by atoms with Gasteiger partial charge in [0, 0.05) is 25.7 Å². The summed E-state index contributed by atoms with van der Waals surface area (Å²) in [4.78, 5) is 72.5. The lowest BCUT2D eigenvalue weighted by Crippen LogP contribution is -2.30. The second-order valence-electron chi connectivity index (χ2n) is 26.4. The fourth-order valence-electron chi connectivity index (χ4n) is 10.5. The van der Waals surface area contributed by atoms with Crippen LogP contribution in [0.15, 0.2) is 24.3 Å². The number of esters is 4. The van der Waals surface area contributed by atoms with E-state index in [4.69, 9.17) is 37.0 Å². The summed E-state index contributed by atoms with van der Waals surface area (Å²) in [7, 11) is -9.91. The Kier molecular flexibility index (Phi) is 62.8. The number of phosphoric acid groups is 2. The van der Waals surface area contributed by atoms with Crippen molar-refractivity contribution in [2.45, 2.75) is 368 Å². The van der Waals surface area contributed by atoms with Crippen molar-refractivity contribution >= 4 is 39.5 Å². The number of ether oxygens (including phenoxy) is 4. The Bertz CT molecular complexity index is 1880. The molecule has 19 heteroatoms. The maximum absolute atomic E-state index is 13.0. The molecule has 92 heavy (non-hydrogen) atoms. The molecular weight excluding hydrogens is 1210 g/mol. The topological polar surface area (TPSA) is 237 Å². The summed E-state index contributed by atoms with van der Waals surface area (Å²) in [5, 5.41) is 10.6. The number of phosphoric ester groups is 2. The summed E-state index contributed by atoms with van der Waals surface area (Å²) in [5.41, 5.74) is 0. The molecule has 542 valence electrons. The Labute approximate surface area is 561 Å². The van der Waals surface area contributed by atoms with Crippen LogP contribution in [-0.2, 0) is 65.4 Å². The van der Waals surface area contributed by atoms with Gasteiger partial charge in [-0.3, -0.25) is 37.3 Å². The van der Waals surface area contributed by atoms with E-state index >= 15 is 0 Å². The minimum absolute atomic E-state index is 0.100. The van der Waals surface area contributed by atoms with Gasteiger partial charge in [0.15, 0.2) is 12.2 Å². The number of rotatable bonds is 70. The molecule has 0 amide bonds. The molecule has 0 aliphatic carbocycles. The average molecular weight is 1350 g/mol. The SMILES string of the molecule is CCCCCC/C=C\C=C/CCCCCCCC(=O)OC[C@H](COP(=O)(O)OC[C@@H](O)COP(=O)(O)OC[C@@H](COC(=O)CCCCCCCCC)OC(=O)CCCCCCCCCCCCC(C)CC)OC(=O)CCCCCCCCCCCCCCCC(C)C. The predicted octanol–water partition coefficient (Wildman–Crippen LogP) is 20.7. The summed E-state index contributed by atoms with van der Waals surface area (Å²) in [6.07, 6.45) is 53.5. The number of allylic oxidation sites excluding steroid dienone is 4. The second-order valence-corrected chi connectivity index (χ2v) is 29.3. The van der Waals surface area contributed by atoms with Gasteiger partial charge in [0.1, 0.15) is 19.3 Å². The smallest absolute Gasteiger partial charge is 0.462 e. The molecule has 0 fully saturated rings. The maximum Gasteiger partial charge on any atom is 0.472 e. The molecular formula is C73H138O17P2. The zero-order valence-electron chi connectivity index (χ0n) is 59.3. The predicted molar refractivity (Wildman–Crippen MR) is 372 cm³/mol. The Morgan fingerprint density at radius 3 is 0.978 bits per heavy atom. The van der Waals surface area contributed by atoms with Crippen molar-refractivity contribution in [1.29, 1.82) is 0 Å². The summed E-state index contributed by atoms with van der Waals surface area (Å²) >= 11 is 0. The molecule has 6 atom stereocenters. The van der Waals surface area contributed by atoms with Gasteiger partial charge in [0.25, 0.3) is 0 Å². The quantitative estimate of drug-likeness (QED) is 0.0169. The normalized spacial score (nSPS) is 14.5. The molecule has 0 rings (SSSR count). The van der Waals surface area contributed by atoms with Gasteiger partial charge in [-0.2, -0.15) is 0 Å². The molecule has 0 aromatic rings. The van der Waals surface area contributed by atoms with Gasteiger partial charge < -0.3 is 33.8 Å². The van der Waals surface area contributed by atoms with Crippen LogP contribution in [0, 0.1) is 11.8 Å². The number of aliphatic hydroxyl groups is 1. The lowest BCUT2D eigenvalue weighted by atomic mass is 9.99. The molecule has 3 N–H and O–H groups in total. The standard InChI is InChI=1S/C73H138O17P2/c1-7-10-12-14-16-17-18-19-20-23-26-32-38-44-50-56-71(76)84-62-69(90-72(77)57-51-45-39-33-27-24-21-22-25-30-36-41-47-53-65(4)5)64-88-92(81,82)86-60-67(74)59-85-91(79,80)87-63-68(61-83-70(75)55-49-43-35-15-13-11-8-2)89-73(78)58-52-46-40-34-29-28-31-37-42-48-54-66(6)9-3/h17-20,65-69,74H,7-16,21-64H2,1-6H3,(H,79,80)(H,81,82)/b18-17-,20-19-/t66?,67-,68+,69+/m0/s1. The van der Waals surface area contributed by atoms with Crippen LogP contribution in [0.4, 0.5) is 0 Å². The van der Waals surface area contributed by atoms with Gasteiger partial charge in [0.05, 0.1) is 26.4 Å². The van der Waals surface area contributed by atoms with E-state index in [9.17, 15) is 43.2 Å². The van der Waals surface area contributed by atoms with Gasteiger partial charge >= 0.3 is 39.5 Å². The number of carbonyl (C=O) groups excluding carboxylic acids is 4. The number of unbranched alkanes of at least 4 members (excludes halogenated alkanes) is 36. The van der Waals surface area contributed by atoms with Gasteiger partial charge in [-0.05, 0) is 63.2 Å². The number of hydrogen-bond acceptors (Lipinski definition) is 15. The highest BCUT2D eigenvalue weighted by Gasteiger charge is 2.30. The first-order chi connectivity index (χ1) is 44.4. The summed E-state index contributed by atoms with van der Waals surface area (Å²) in [6.45, 7) is 9.50. The Hall–Kier alpha value is -2.46. The summed E-state index contributed by atoms with van der Waals surface area (Å²) < 4.78 is 68.3. The third kappa shape index (κ3) is 64.9. The van der Waals surface area contributed by atoms with Crippen LogP contribution in [0.5, 0.6) is 0 Å². The van der Waals surface area contributed by atoms with Crippen molar-refractivity contribution in [3.63, 3.8) is 0 Å². The van der Waals surface area contributed by atoms with Crippen molar-refractivity contribution in [3.05, 3.63) is 24.3 Å². The Morgan fingerprint density at radius 2 is 0.641 bits per heavy atom. The molecule has 0 saturated carbocycles. The van der Waals surface area contributed by atoms with Crippen molar-refractivity contribution < 1.29 is 80.2 Å². The van der Waals surface area contributed by atoms with Crippen LogP contribution in [0.2, 0.25) is 0 Å². The van der Waals surface area contributed by atoms with Crippen molar-refractivity contribution in [2.24, 2.45) is 11.8 Å². The van der Waals surface area contributed by atoms with E-state index in [0.29, 0.717) is 25.7 Å². The zero-order valence-corrected chi connectivity index (χ0v) is 61.1. The van der Waals surface area contributed by atoms with E-state index in [1.807, 2.05) is 0 Å². The molecule has 0 saturated heterocycles. The monoisotopic (exact) mass is 1350 g/mol. The molecule has 0 bridgehead atoms. The van der Waals surface area contributed by atoms with Crippen LogP contribution in [0.1, 0.15) is 350 Å². The molecule has 3 unspecified atom stereocenters. The number of aliphatic hydroxyl groups excluding tert-OH is 1. The minimum atomic E-state index is -4.96. The number of hydrogen-bond donors (Lipinski definition) is 3. The van der Waals surface area contributed by atoms with Crippen molar-refractivity contribution in [1.82, 2.24) is 0 Å². The van der Waals surface area contributed by atoms with Crippen molar-refractivity contribution in [2.75, 3.05) is 39.6 Å². The molecule has 17 nitrogen and oxygen atoms in total. The van der Waals surface area contributed by atoms with E-state index in [-0.39, 0.29) is 25.7 Å². The highest BCUT2D eigenvalue weighted by Crippen LogP contribution is 2.45. The molecule has 0 aliphatic rings. The fraction of sp³-hybridized carbons (Fsp3) is 0.890. The van der Waals surface area contributed by atoms with Gasteiger partial charge in [0.2, 0.25) is 0 Å². The van der Waals surface area contributed by atoms with E-state index in [0.717, 1.165) is 134 Å². The highest BCUT2D eigenvalue weighted by atomic mass is 31.2. The molecule has 0 spiro atoms. The Morgan fingerprint density at radius 1 is 0.359 bits per heavy atom. The maximum atomic E-state index is 13.0. The zero-order chi connectivity index (χ0) is 67.9.